The monoisotopic (exact) mass is 451 g/mol. The summed E-state index contributed by atoms with van der Waals surface area (Å²) < 4.78 is 41.6. The summed E-state index contributed by atoms with van der Waals surface area (Å²) in [7, 11) is -3.25. The van der Waals surface area contributed by atoms with Crippen molar-refractivity contribution < 1.29 is 38.2 Å². The molecule has 0 spiro atoms. The third-order valence-electron chi connectivity index (χ3n) is 4.76. The average molecular weight is 452 g/mol. The number of ether oxygens (including phenoxy) is 1. The van der Waals surface area contributed by atoms with Crippen molar-refractivity contribution in [1.29, 1.82) is 0 Å². The van der Waals surface area contributed by atoms with Gasteiger partial charge in [-0.2, -0.15) is 4.57 Å². The molecule has 4 rings (SSSR count). The van der Waals surface area contributed by atoms with Crippen LogP contribution >= 0.6 is 0 Å². The maximum Gasteiger partial charge on any atom is 0.219 e. The van der Waals surface area contributed by atoms with Gasteiger partial charge in [-0.15, -0.1) is 10.2 Å². The Morgan fingerprint density at radius 1 is 0.656 bits per heavy atom. The molecular formula is C25H22ClNO5. The summed E-state index contributed by atoms with van der Waals surface area (Å²) in [5, 5.41) is 0. The average Bonchev–Trinajstić information content (AvgIpc) is 2.79. The molecule has 0 atom stereocenters. The molecule has 0 aliphatic heterocycles. The second-order valence-electron chi connectivity index (χ2n) is 6.91. The van der Waals surface area contributed by atoms with Crippen molar-refractivity contribution in [3.05, 3.63) is 103 Å². The summed E-state index contributed by atoms with van der Waals surface area (Å²) in [4.78, 5) is 0. The summed E-state index contributed by atoms with van der Waals surface area (Å²) in [5.74, 6) is 0.860. The number of hydrogen-bond acceptors (Lipinski definition) is 5. The molecule has 0 aliphatic rings. The lowest BCUT2D eigenvalue weighted by Crippen LogP contribution is -2.68. The highest BCUT2D eigenvalue weighted by atomic mass is 35.7. The fourth-order valence-corrected chi connectivity index (χ4v) is 3.43. The molecule has 3 aromatic carbocycles. The summed E-state index contributed by atoms with van der Waals surface area (Å²) in [5.41, 5.74) is 7.09. The van der Waals surface area contributed by atoms with Crippen LogP contribution in [0.2, 0.25) is 0 Å². The Kier molecular flexibility index (Phi) is 7.58. The molecule has 32 heavy (non-hydrogen) atoms. The molecule has 0 aliphatic carbocycles. The molecule has 7 heteroatoms. The molecule has 164 valence electrons. The quantitative estimate of drug-likeness (QED) is 0.428. The van der Waals surface area contributed by atoms with Gasteiger partial charge >= 0.3 is 0 Å². The minimum absolute atomic E-state index is 0.860. The van der Waals surface area contributed by atoms with Crippen molar-refractivity contribution in [3.63, 3.8) is 0 Å². The number of halogens is 1. The Hall–Kier alpha value is -3.26. The largest absolute Gasteiger partial charge is 0.497 e. The number of rotatable bonds is 4. The molecular weight excluding hydrogens is 430 g/mol. The molecule has 0 saturated carbocycles. The van der Waals surface area contributed by atoms with Gasteiger partial charge in [0.2, 0.25) is 11.4 Å². The molecule has 0 N–H and O–H groups in total. The molecule has 0 fully saturated rings. The molecule has 4 aromatic rings. The van der Waals surface area contributed by atoms with Gasteiger partial charge in [0, 0.05) is 36.8 Å². The van der Waals surface area contributed by atoms with Crippen LogP contribution in [0.5, 0.6) is 5.75 Å². The zero-order chi connectivity index (χ0) is 23.1. The Balaban J connectivity index is 0.000000523. The van der Waals surface area contributed by atoms with Crippen LogP contribution in [0, 0.1) is 17.2 Å². The van der Waals surface area contributed by atoms with Crippen molar-refractivity contribution in [2.45, 2.75) is 6.92 Å². The summed E-state index contributed by atoms with van der Waals surface area (Å²) in [6.45, 7) is 2.16. The first-order valence-corrected chi connectivity index (χ1v) is 10.9. The topological polar surface area (TPSA) is 105 Å². The van der Waals surface area contributed by atoms with Gasteiger partial charge in [0.15, 0.2) is 5.69 Å². The zero-order valence-corrected chi connectivity index (χ0v) is 18.4. The lowest BCUT2D eigenvalue weighted by Gasteiger charge is -2.17. The van der Waals surface area contributed by atoms with E-state index >= 15 is 0 Å². The van der Waals surface area contributed by atoms with Crippen LogP contribution in [0.4, 0.5) is 0 Å². The van der Waals surface area contributed by atoms with Crippen LogP contribution in [0.1, 0.15) is 5.69 Å². The highest BCUT2D eigenvalue weighted by Crippen LogP contribution is 2.26. The van der Waals surface area contributed by atoms with Crippen LogP contribution in [-0.4, -0.2) is 7.11 Å². The van der Waals surface area contributed by atoms with Crippen LogP contribution < -0.4 is 27.9 Å². The van der Waals surface area contributed by atoms with E-state index in [-0.39, 0.29) is 0 Å². The van der Waals surface area contributed by atoms with E-state index in [1.165, 1.54) is 28.1 Å². The third kappa shape index (κ3) is 6.37. The lowest BCUT2D eigenvalue weighted by atomic mass is 10.0. The molecule has 1 heterocycles. The Morgan fingerprint density at radius 3 is 1.66 bits per heavy atom. The summed E-state index contributed by atoms with van der Waals surface area (Å²) in [6, 6.07) is 33.8. The van der Waals surface area contributed by atoms with Crippen LogP contribution in [-0.2, 0) is 0 Å². The number of aromatic nitrogens is 1. The van der Waals surface area contributed by atoms with E-state index in [1.807, 2.05) is 12.1 Å². The van der Waals surface area contributed by atoms with Crippen molar-refractivity contribution in [2.75, 3.05) is 7.11 Å². The number of benzene rings is 3. The molecule has 0 bridgehead atoms. The van der Waals surface area contributed by atoms with Gasteiger partial charge in [-0.1, -0.05) is 48.5 Å². The zero-order valence-electron chi connectivity index (χ0n) is 17.6. The lowest BCUT2D eigenvalue weighted by molar-refractivity contribution is -2.00. The van der Waals surface area contributed by atoms with E-state index < -0.39 is 10.2 Å². The highest BCUT2D eigenvalue weighted by molar-refractivity contribution is 5.69. The minimum Gasteiger partial charge on any atom is -0.497 e. The van der Waals surface area contributed by atoms with E-state index in [0.29, 0.717) is 0 Å². The summed E-state index contributed by atoms with van der Waals surface area (Å²) >= 11 is 0. The SMILES string of the molecule is COc1ccc(-[n+]2c(C)cc(-c3ccccc3)cc2-c2ccccc2)cc1.[O-][Cl+3]([O-])([O-])[O-]. The molecule has 0 amide bonds. The third-order valence-corrected chi connectivity index (χ3v) is 4.76. The van der Waals surface area contributed by atoms with Gasteiger partial charge in [0.05, 0.1) is 7.11 Å². The maximum atomic E-state index is 8.49. The fourth-order valence-electron chi connectivity index (χ4n) is 3.43. The molecule has 0 radical (unpaired) electrons. The van der Waals surface area contributed by atoms with E-state index in [2.05, 4.69) is 96.4 Å². The van der Waals surface area contributed by atoms with Crippen molar-refractivity contribution in [2.24, 2.45) is 0 Å². The number of methoxy groups -OCH3 is 1. The van der Waals surface area contributed by atoms with Crippen LogP contribution in [0.3, 0.4) is 0 Å². The van der Waals surface area contributed by atoms with Gasteiger partial charge in [-0.3, -0.25) is 0 Å². The van der Waals surface area contributed by atoms with E-state index in [0.717, 1.165) is 11.4 Å². The first-order valence-electron chi connectivity index (χ1n) is 9.70. The smallest absolute Gasteiger partial charge is 0.219 e. The predicted molar refractivity (Wildman–Crippen MR) is 110 cm³/mol. The second kappa shape index (κ2) is 10.4. The molecule has 0 saturated heterocycles. The standard InChI is InChI=1S/C25H22NO.ClHO4/c1-19-17-22(20-9-5-3-6-10-20)18-25(21-11-7-4-8-12-21)26(19)23-13-15-24(27-2)16-14-23;2-1(3,4)5/h3-18H,1-2H3;(H,2,3,4,5)/q+1;/p-1. The second-order valence-corrected chi connectivity index (χ2v) is 7.67. The predicted octanol–water partition coefficient (Wildman–Crippen LogP) is 0.858. The molecule has 1 aromatic heterocycles. The highest BCUT2D eigenvalue weighted by Gasteiger charge is 2.21. The van der Waals surface area contributed by atoms with E-state index in [4.69, 9.17) is 23.4 Å². The molecule has 0 unspecified atom stereocenters. The number of hydrogen-bond donors (Lipinski definition) is 0. The van der Waals surface area contributed by atoms with Gasteiger partial charge < -0.3 is 4.74 Å². The number of pyridine rings is 1. The van der Waals surface area contributed by atoms with Crippen LogP contribution in [0.15, 0.2) is 97.1 Å². The number of nitrogens with zero attached hydrogens (tertiary/aromatic N) is 1. The Bertz CT molecular complexity index is 1140. The van der Waals surface area contributed by atoms with Gasteiger partial charge in [-0.05, 0) is 35.4 Å². The van der Waals surface area contributed by atoms with Crippen molar-refractivity contribution in [1.82, 2.24) is 0 Å². The first-order chi connectivity index (χ1) is 15.3. The molecule has 6 nitrogen and oxygen atoms in total. The van der Waals surface area contributed by atoms with E-state index in [1.54, 1.807) is 7.11 Å². The van der Waals surface area contributed by atoms with Gasteiger partial charge in [0.25, 0.3) is 0 Å². The normalized spacial score (nSPS) is 10.8. The first kappa shape index (κ1) is 23.4. The Morgan fingerprint density at radius 2 is 1.16 bits per heavy atom. The number of aryl methyl sites for hydroxylation is 1. The van der Waals surface area contributed by atoms with Crippen LogP contribution in [0.25, 0.3) is 28.1 Å². The van der Waals surface area contributed by atoms with Gasteiger partial charge in [-0.25, -0.2) is 18.6 Å². The Labute approximate surface area is 189 Å². The van der Waals surface area contributed by atoms with Crippen molar-refractivity contribution >= 4 is 0 Å². The van der Waals surface area contributed by atoms with E-state index in [9.17, 15) is 0 Å². The van der Waals surface area contributed by atoms with Gasteiger partial charge in [0.1, 0.15) is 5.75 Å². The minimum atomic E-state index is -4.94. The maximum absolute atomic E-state index is 8.49. The summed E-state index contributed by atoms with van der Waals surface area (Å²) in [6.07, 6.45) is 0. The fraction of sp³-hybridized carbons (Fsp3) is 0.0800. The van der Waals surface area contributed by atoms with Crippen molar-refractivity contribution in [3.8, 4) is 33.8 Å².